The molecule has 1 unspecified atom stereocenters. The number of hydrogen-bond acceptors (Lipinski definition) is 4. The normalized spacial score (nSPS) is 13.6. The minimum absolute atomic E-state index is 0.427. The number of rotatable bonds is 2. The van der Waals surface area contributed by atoms with Crippen molar-refractivity contribution < 1.29 is 9.53 Å². The second-order valence-electron chi connectivity index (χ2n) is 4.82. The standard InChI is InChI=1S/C11H19N3O2/c1-7-8(6-13-14(7)5)9(12)10(15)16-11(2,3)4/h6,9H,12H2,1-5H3. The summed E-state index contributed by atoms with van der Waals surface area (Å²) in [7, 11) is 1.81. The zero-order chi connectivity index (χ0) is 12.5. The summed E-state index contributed by atoms with van der Waals surface area (Å²) in [6, 6.07) is -0.770. The summed E-state index contributed by atoms with van der Waals surface area (Å²) >= 11 is 0. The van der Waals surface area contributed by atoms with Crippen LogP contribution < -0.4 is 5.73 Å². The molecule has 0 bridgehead atoms. The van der Waals surface area contributed by atoms with Gasteiger partial charge in [0.05, 0.1) is 6.20 Å². The molecule has 1 heterocycles. The fourth-order valence-corrected chi connectivity index (χ4v) is 1.31. The lowest BCUT2D eigenvalue weighted by Crippen LogP contribution is -2.31. The second kappa shape index (κ2) is 4.25. The lowest BCUT2D eigenvalue weighted by Gasteiger charge is -2.22. The number of esters is 1. The van der Waals surface area contributed by atoms with Gasteiger partial charge in [0.1, 0.15) is 11.6 Å². The number of nitrogens with zero attached hydrogens (tertiary/aromatic N) is 2. The third kappa shape index (κ3) is 2.82. The predicted molar refractivity (Wildman–Crippen MR) is 60.7 cm³/mol. The molecule has 0 aromatic carbocycles. The Kier molecular flexibility index (Phi) is 3.38. The molecule has 90 valence electrons. The highest BCUT2D eigenvalue weighted by molar-refractivity contribution is 5.78. The van der Waals surface area contributed by atoms with E-state index in [4.69, 9.17) is 10.5 Å². The van der Waals surface area contributed by atoms with Crippen LogP contribution in [0.2, 0.25) is 0 Å². The Bertz CT molecular complexity index is 390. The quantitative estimate of drug-likeness (QED) is 0.764. The number of ether oxygens (including phenoxy) is 1. The van der Waals surface area contributed by atoms with Gasteiger partial charge in [-0.15, -0.1) is 0 Å². The zero-order valence-corrected chi connectivity index (χ0v) is 10.4. The first-order chi connectivity index (χ1) is 7.22. The van der Waals surface area contributed by atoms with Gasteiger partial charge in [-0.25, -0.2) is 4.79 Å². The fraction of sp³-hybridized carbons (Fsp3) is 0.636. The van der Waals surface area contributed by atoms with Crippen molar-refractivity contribution in [2.24, 2.45) is 12.8 Å². The maximum Gasteiger partial charge on any atom is 0.328 e. The minimum Gasteiger partial charge on any atom is -0.459 e. The molecule has 1 atom stereocenters. The van der Waals surface area contributed by atoms with Gasteiger partial charge in [-0.05, 0) is 27.7 Å². The molecule has 0 saturated carbocycles. The highest BCUT2D eigenvalue weighted by Gasteiger charge is 2.25. The molecule has 2 N–H and O–H groups in total. The number of aromatic nitrogens is 2. The average Bonchev–Trinajstić information content (AvgIpc) is 2.44. The van der Waals surface area contributed by atoms with Gasteiger partial charge in [-0.3, -0.25) is 4.68 Å². The van der Waals surface area contributed by atoms with E-state index in [1.165, 1.54) is 0 Å². The van der Waals surface area contributed by atoms with E-state index in [1.807, 2.05) is 27.7 Å². The number of carbonyl (C=O) groups excluding carboxylic acids is 1. The largest absolute Gasteiger partial charge is 0.459 e. The fourth-order valence-electron chi connectivity index (χ4n) is 1.31. The highest BCUT2D eigenvalue weighted by atomic mass is 16.6. The SMILES string of the molecule is Cc1c(C(N)C(=O)OC(C)(C)C)cnn1C. The van der Waals surface area contributed by atoms with Crippen molar-refractivity contribution in [1.29, 1.82) is 0 Å². The summed E-state index contributed by atoms with van der Waals surface area (Å²) in [5, 5.41) is 4.04. The molecule has 5 heteroatoms. The van der Waals surface area contributed by atoms with Crippen molar-refractivity contribution in [3.63, 3.8) is 0 Å². The average molecular weight is 225 g/mol. The number of aryl methyl sites for hydroxylation is 1. The van der Waals surface area contributed by atoms with E-state index in [9.17, 15) is 4.79 Å². The van der Waals surface area contributed by atoms with E-state index in [1.54, 1.807) is 17.9 Å². The van der Waals surface area contributed by atoms with Gasteiger partial charge in [-0.1, -0.05) is 0 Å². The van der Waals surface area contributed by atoms with Crippen LogP contribution in [-0.2, 0) is 16.6 Å². The van der Waals surface area contributed by atoms with Gasteiger partial charge in [0.2, 0.25) is 0 Å². The first-order valence-corrected chi connectivity index (χ1v) is 5.19. The Hall–Kier alpha value is -1.36. The summed E-state index contributed by atoms with van der Waals surface area (Å²) in [4.78, 5) is 11.7. The van der Waals surface area contributed by atoms with Crippen molar-refractivity contribution in [2.75, 3.05) is 0 Å². The van der Waals surface area contributed by atoms with Gasteiger partial charge in [0, 0.05) is 18.3 Å². The van der Waals surface area contributed by atoms with Crippen LogP contribution in [0.15, 0.2) is 6.20 Å². The van der Waals surface area contributed by atoms with Gasteiger partial charge in [0.25, 0.3) is 0 Å². The van der Waals surface area contributed by atoms with E-state index in [0.717, 1.165) is 5.69 Å². The molecule has 1 rings (SSSR count). The van der Waals surface area contributed by atoms with Gasteiger partial charge >= 0.3 is 5.97 Å². The van der Waals surface area contributed by atoms with Crippen molar-refractivity contribution >= 4 is 5.97 Å². The van der Waals surface area contributed by atoms with Gasteiger partial charge in [-0.2, -0.15) is 5.10 Å². The minimum atomic E-state index is -0.770. The molecule has 0 fully saturated rings. The van der Waals surface area contributed by atoms with Crippen LogP contribution in [0.5, 0.6) is 0 Å². The van der Waals surface area contributed by atoms with E-state index >= 15 is 0 Å². The molecule has 0 aliphatic rings. The highest BCUT2D eigenvalue weighted by Crippen LogP contribution is 2.18. The number of hydrogen-bond donors (Lipinski definition) is 1. The van der Waals surface area contributed by atoms with Gasteiger partial charge < -0.3 is 10.5 Å². The van der Waals surface area contributed by atoms with Crippen molar-refractivity contribution in [2.45, 2.75) is 39.3 Å². The van der Waals surface area contributed by atoms with Crippen LogP contribution in [0.1, 0.15) is 38.1 Å². The second-order valence-corrected chi connectivity index (χ2v) is 4.82. The summed E-state index contributed by atoms with van der Waals surface area (Å²) in [5.74, 6) is -0.427. The predicted octanol–water partition coefficient (Wildman–Crippen LogP) is 1.07. The van der Waals surface area contributed by atoms with Crippen LogP contribution in [0.4, 0.5) is 0 Å². The third-order valence-electron chi connectivity index (χ3n) is 2.27. The lowest BCUT2D eigenvalue weighted by atomic mass is 10.1. The van der Waals surface area contributed by atoms with E-state index in [0.29, 0.717) is 5.56 Å². The van der Waals surface area contributed by atoms with E-state index in [2.05, 4.69) is 5.10 Å². The molecule has 16 heavy (non-hydrogen) atoms. The Labute approximate surface area is 95.6 Å². The Morgan fingerprint density at radius 1 is 1.56 bits per heavy atom. The maximum atomic E-state index is 11.7. The van der Waals surface area contributed by atoms with Crippen molar-refractivity contribution in [3.05, 3.63) is 17.5 Å². The molecular weight excluding hydrogens is 206 g/mol. The third-order valence-corrected chi connectivity index (χ3v) is 2.27. The van der Waals surface area contributed by atoms with Crippen LogP contribution in [-0.4, -0.2) is 21.4 Å². The topological polar surface area (TPSA) is 70.1 Å². The van der Waals surface area contributed by atoms with E-state index in [-0.39, 0.29) is 0 Å². The Balaban J connectivity index is 2.83. The summed E-state index contributed by atoms with van der Waals surface area (Å²) in [6.07, 6.45) is 1.60. The lowest BCUT2D eigenvalue weighted by molar-refractivity contribution is -0.156. The molecule has 0 amide bonds. The van der Waals surface area contributed by atoms with Crippen molar-refractivity contribution in [1.82, 2.24) is 9.78 Å². The monoisotopic (exact) mass is 225 g/mol. The molecule has 0 radical (unpaired) electrons. The summed E-state index contributed by atoms with van der Waals surface area (Å²) in [6.45, 7) is 7.31. The smallest absolute Gasteiger partial charge is 0.328 e. The zero-order valence-electron chi connectivity index (χ0n) is 10.4. The van der Waals surface area contributed by atoms with Crippen LogP contribution in [0.3, 0.4) is 0 Å². The first-order valence-electron chi connectivity index (χ1n) is 5.19. The maximum absolute atomic E-state index is 11.7. The van der Waals surface area contributed by atoms with Crippen LogP contribution >= 0.6 is 0 Å². The molecule has 1 aromatic heterocycles. The number of nitrogens with two attached hydrogens (primary N) is 1. The summed E-state index contributed by atoms with van der Waals surface area (Å²) in [5.41, 5.74) is 6.89. The molecule has 0 aliphatic carbocycles. The van der Waals surface area contributed by atoms with E-state index < -0.39 is 17.6 Å². The molecule has 0 spiro atoms. The van der Waals surface area contributed by atoms with Crippen LogP contribution in [0.25, 0.3) is 0 Å². The summed E-state index contributed by atoms with van der Waals surface area (Å²) < 4.78 is 6.90. The van der Waals surface area contributed by atoms with Crippen molar-refractivity contribution in [3.8, 4) is 0 Å². The molecule has 1 aromatic rings. The molecule has 5 nitrogen and oxygen atoms in total. The Morgan fingerprint density at radius 3 is 2.50 bits per heavy atom. The molecule has 0 aliphatic heterocycles. The first kappa shape index (κ1) is 12.7. The number of carbonyl (C=O) groups is 1. The van der Waals surface area contributed by atoms with Gasteiger partial charge in [0.15, 0.2) is 0 Å². The van der Waals surface area contributed by atoms with Crippen LogP contribution in [0, 0.1) is 6.92 Å². The Morgan fingerprint density at radius 2 is 2.12 bits per heavy atom. The molecule has 0 saturated heterocycles. The molecular formula is C11H19N3O2.